The quantitative estimate of drug-likeness (QED) is 0.193. The third kappa shape index (κ3) is 4.23. The third-order valence-electron chi connectivity index (χ3n) is 3.75. The van der Waals surface area contributed by atoms with Crippen molar-refractivity contribution in [3.8, 4) is 0 Å². The maximum Gasteiger partial charge on any atom is 0.253 e. The average molecular weight is 362 g/mol. The molecule has 1 heterocycles. The Morgan fingerprint density at radius 2 is 1.83 bits per heavy atom. The molecule has 0 aliphatic carbocycles. The van der Waals surface area contributed by atoms with E-state index in [9.17, 15) is 24.6 Å². The van der Waals surface area contributed by atoms with Gasteiger partial charge in [-0.25, -0.2) is 0 Å². The Kier molecular flexibility index (Phi) is 6.55. The molecule has 2 rings (SSSR count). The monoisotopic (exact) mass is 361 g/mol. The van der Waals surface area contributed by atoms with E-state index in [4.69, 9.17) is 16.3 Å². The summed E-state index contributed by atoms with van der Waals surface area (Å²) in [5.41, 5.74) is -0.935. The van der Waals surface area contributed by atoms with Crippen molar-refractivity contribution in [1.82, 2.24) is 5.32 Å². The number of anilines is 2. The molecule has 5 N–H and O–H groups in total. The largest absolute Gasteiger partial charge is 0.388 e. The summed E-state index contributed by atoms with van der Waals surface area (Å²) < 4.78 is 5.19. The highest BCUT2D eigenvalue weighted by Crippen LogP contribution is 2.18. The number of hydrogen-bond donors (Lipinski definition) is 5. The van der Waals surface area contributed by atoms with Crippen LogP contribution in [0.15, 0.2) is 9.59 Å². The Morgan fingerprint density at radius 1 is 1.17 bits per heavy atom. The van der Waals surface area contributed by atoms with Crippen LogP contribution in [0.4, 0.5) is 11.4 Å². The Labute approximate surface area is 142 Å². The molecular weight excluding hydrogens is 342 g/mol. The highest BCUT2D eigenvalue weighted by molar-refractivity contribution is 6.27. The van der Waals surface area contributed by atoms with E-state index in [1.807, 2.05) is 0 Å². The number of hydrogen-bond acceptors (Lipinski definition) is 8. The van der Waals surface area contributed by atoms with Gasteiger partial charge in [-0.15, -0.1) is 11.6 Å². The van der Waals surface area contributed by atoms with E-state index < -0.39 is 29.2 Å². The van der Waals surface area contributed by atoms with Gasteiger partial charge in [0.05, 0.1) is 6.61 Å². The fourth-order valence-corrected chi connectivity index (χ4v) is 2.45. The number of carbonyl (C=O) groups is 1. The summed E-state index contributed by atoms with van der Waals surface area (Å²) in [5, 5.41) is 27.3. The van der Waals surface area contributed by atoms with Crippen molar-refractivity contribution in [2.45, 2.75) is 24.7 Å². The lowest BCUT2D eigenvalue weighted by molar-refractivity contribution is -0.118. The van der Waals surface area contributed by atoms with Gasteiger partial charge in [0.25, 0.3) is 10.9 Å². The van der Waals surface area contributed by atoms with Gasteiger partial charge in [-0.05, 0) is 6.42 Å². The molecule has 1 amide bonds. The van der Waals surface area contributed by atoms with Crippen LogP contribution in [0.1, 0.15) is 6.42 Å². The molecule has 9 nitrogen and oxygen atoms in total. The van der Waals surface area contributed by atoms with Gasteiger partial charge in [0.2, 0.25) is 5.91 Å². The SMILES string of the molecule is O=C(CCl)NCCCNc1c(NC[C@H]2OC[C@H](O)C2O)c(=O)c1=O. The number of aliphatic hydroxyl groups is 2. The lowest BCUT2D eigenvalue weighted by atomic mass is 10.1. The normalized spacial score (nSPS) is 23.4. The van der Waals surface area contributed by atoms with Crippen molar-refractivity contribution in [2.75, 3.05) is 42.8 Å². The molecule has 0 spiro atoms. The second kappa shape index (κ2) is 8.43. The van der Waals surface area contributed by atoms with Crippen LogP contribution in [0.25, 0.3) is 0 Å². The molecule has 24 heavy (non-hydrogen) atoms. The average Bonchev–Trinajstić information content (AvgIpc) is 2.90. The standard InChI is InChI=1S/C14H20ClN3O6/c15-4-9(20)16-2-1-3-17-10-11(14(23)13(10)22)18-5-8-12(21)7(19)6-24-8/h7-8,12,17-19,21H,1-6H2,(H,16,20)/t7-,8+,12?/m0/s1. The zero-order valence-corrected chi connectivity index (χ0v) is 13.6. The molecule has 1 fully saturated rings. The van der Waals surface area contributed by atoms with Crippen LogP contribution in [-0.2, 0) is 9.53 Å². The first kappa shape index (κ1) is 18.7. The van der Waals surface area contributed by atoms with Crippen LogP contribution in [0.2, 0.25) is 0 Å². The molecule has 1 saturated heterocycles. The van der Waals surface area contributed by atoms with Gasteiger partial charge in [-0.1, -0.05) is 0 Å². The van der Waals surface area contributed by atoms with Crippen molar-refractivity contribution in [3.05, 3.63) is 20.4 Å². The Balaban J connectivity index is 1.78. The number of alkyl halides is 1. The highest BCUT2D eigenvalue weighted by Gasteiger charge is 2.35. The molecule has 1 aliphatic rings. The molecule has 1 aromatic carbocycles. The van der Waals surface area contributed by atoms with Gasteiger partial charge >= 0.3 is 0 Å². The fourth-order valence-electron chi connectivity index (χ4n) is 2.36. The molecule has 0 aromatic heterocycles. The van der Waals surface area contributed by atoms with Gasteiger partial charge in [0.15, 0.2) is 0 Å². The summed E-state index contributed by atoms with van der Waals surface area (Å²) in [6, 6.07) is 0. The molecular formula is C14H20ClN3O6. The van der Waals surface area contributed by atoms with Crippen LogP contribution < -0.4 is 26.8 Å². The first-order valence-corrected chi connectivity index (χ1v) is 8.10. The van der Waals surface area contributed by atoms with E-state index in [0.717, 1.165) is 0 Å². The summed E-state index contributed by atoms with van der Waals surface area (Å²) in [5.74, 6) is -0.380. The topological polar surface area (TPSA) is 137 Å². The van der Waals surface area contributed by atoms with Gasteiger partial charge < -0.3 is 30.9 Å². The van der Waals surface area contributed by atoms with Crippen molar-refractivity contribution >= 4 is 28.9 Å². The number of amides is 1. The predicted octanol–water partition coefficient (Wildman–Crippen LogP) is -2.03. The fraction of sp³-hybridized carbons (Fsp3) is 0.643. The number of ether oxygens (including phenoxy) is 1. The van der Waals surface area contributed by atoms with Gasteiger partial charge in [0.1, 0.15) is 35.6 Å². The van der Waals surface area contributed by atoms with Gasteiger partial charge in [-0.2, -0.15) is 0 Å². The molecule has 0 saturated carbocycles. The zero-order chi connectivity index (χ0) is 17.7. The number of halogens is 1. The highest BCUT2D eigenvalue weighted by atomic mass is 35.5. The van der Waals surface area contributed by atoms with Crippen LogP contribution in [0, 0.1) is 0 Å². The first-order valence-electron chi connectivity index (χ1n) is 7.57. The first-order chi connectivity index (χ1) is 11.5. The molecule has 10 heteroatoms. The minimum absolute atomic E-state index is 0.0264. The zero-order valence-electron chi connectivity index (χ0n) is 12.9. The van der Waals surface area contributed by atoms with Crippen LogP contribution >= 0.6 is 11.6 Å². The Hall–Kier alpha value is -1.68. The van der Waals surface area contributed by atoms with Crippen molar-refractivity contribution < 1.29 is 19.7 Å². The predicted molar refractivity (Wildman–Crippen MR) is 88.4 cm³/mol. The van der Waals surface area contributed by atoms with E-state index in [1.54, 1.807) is 0 Å². The molecule has 3 atom stereocenters. The van der Waals surface area contributed by atoms with Crippen molar-refractivity contribution in [3.63, 3.8) is 0 Å². The number of nitrogens with one attached hydrogen (secondary N) is 3. The minimum Gasteiger partial charge on any atom is -0.388 e. The minimum atomic E-state index is -1.04. The summed E-state index contributed by atoms with van der Waals surface area (Å²) in [7, 11) is 0. The van der Waals surface area contributed by atoms with Crippen molar-refractivity contribution in [1.29, 1.82) is 0 Å². The molecule has 1 unspecified atom stereocenters. The van der Waals surface area contributed by atoms with Gasteiger partial charge in [0, 0.05) is 19.6 Å². The second-order valence-electron chi connectivity index (χ2n) is 5.48. The smallest absolute Gasteiger partial charge is 0.253 e. The van der Waals surface area contributed by atoms with E-state index >= 15 is 0 Å². The van der Waals surface area contributed by atoms with Crippen molar-refractivity contribution in [2.24, 2.45) is 0 Å². The van der Waals surface area contributed by atoms with E-state index in [2.05, 4.69) is 16.0 Å². The second-order valence-corrected chi connectivity index (χ2v) is 5.75. The van der Waals surface area contributed by atoms with E-state index in [-0.39, 0.29) is 36.3 Å². The van der Waals surface area contributed by atoms with Crippen LogP contribution in [0.5, 0.6) is 0 Å². The molecule has 1 aliphatic heterocycles. The summed E-state index contributed by atoms with van der Waals surface area (Å²) in [6.07, 6.45) is -2.09. The number of rotatable bonds is 9. The summed E-state index contributed by atoms with van der Waals surface area (Å²) in [6.45, 7) is 0.919. The van der Waals surface area contributed by atoms with Gasteiger partial charge in [-0.3, -0.25) is 14.4 Å². The summed E-state index contributed by atoms with van der Waals surface area (Å²) in [4.78, 5) is 34.1. The number of aliphatic hydroxyl groups excluding tert-OH is 2. The lowest BCUT2D eigenvalue weighted by Crippen LogP contribution is -2.41. The maximum atomic E-state index is 11.6. The number of carbonyl (C=O) groups excluding carboxylic acids is 1. The molecule has 0 radical (unpaired) electrons. The van der Waals surface area contributed by atoms with E-state index in [1.165, 1.54) is 0 Å². The van der Waals surface area contributed by atoms with E-state index in [0.29, 0.717) is 19.5 Å². The lowest BCUT2D eigenvalue weighted by Gasteiger charge is -2.19. The Bertz CT molecular complexity index is 645. The molecule has 1 aromatic rings. The molecule has 134 valence electrons. The third-order valence-corrected chi connectivity index (χ3v) is 3.99. The van der Waals surface area contributed by atoms with Crippen LogP contribution in [-0.4, -0.2) is 66.6 Å². The Morgan fingerprint density at radius 3 is 2.42 bits per heavy atom. The molecule has 0 bridgehead atoms. The maximum absolute atomic E-state index is 11.6. The summed E-state index contributed by atoms with van der Waals surface area (Å²) >= 11 is 5.34. The van der Waals surface area contributed by atoms with Crippen LogP contribution in [0.3, 0.4) is 0 Å².